The first-order valence-electron chi connectivity index (χ1n) is 9.49. The van der Waals surface area contributed by atoms with Crippen LogP contribution in [0, 0.1) is 15.5 Å². The molecule has 2 aromatic carbocycles. The fourth-order valence-corrected chi connectivity index (χ4v) is 2.98. The molecule has 29 heavy (non-hydrogen) atoms. The fraction of sp³-hybridized carbons (Fsp3) is 0.476. The molecule has 8 heteroatoms. The van der Waals surface area contributed by atoms with Crippen LogP contribution in [0.1, 0.15) is 27.7 Å². The van der Waals surface area contributed by atoms with E-state index < -0.39 is 16.6 Å². The number of fused-ring (bicyclic) bond motifs is 1. The summed E-state index contributed by atoms with van der Waals surface area (Å²) < 4.78 is 5.80. The Bertz CT molecular complexity index is 847. The molecule has 0 spiro atoms. The zero-order valence-corrected chi connectivity index (χ0v) is 17.2. The van der Waals surface area contributed by atoms with Crippen molar-refractivity contribution >= 4 is 16.7 Å². The van der Waals surface area contributed by atoms with Gasteiger partial charge in [-0.05, 0) is 39.1 Å². The van der Waals surface area contributed by atoms with E-state index in [0.29, 0.717) is 5.75 Å². The van der Waals surface area contributed by atoms with Crippen molar-refractivity contribution in [1.82, 2.24) is 4.90 Å². The number of rotatable bonds is 10. The van der Waals surface area contributed by atoms with Crippen molar-refractivity contribution in [2.24, 2.45) is 5.41 Å². The summed E-state index contributed by atoms with van der Waals surface area (Å²) in [5.41, 5.74) is -1.10. The largest absolute Gasteiger partial charge is 0.490 e. The van der Waals surface area contributed by atoms with Gasteiger partial charge in [-0.25, -0.2) is 0 Å². The van der Waals surface area contributed by atoms with Crippen molar-refractivity contribution in [3.05, 3.63) is 52.6 Å². The third-order valence-corrected chi connectivity index (χ3v) is 4.58. The molecular formula is C21H28N2O6. The average molecular weight is 404 g/mol. The van der Waals surface area contributed by atoms with E-state index in [1.165, 1.54) is 4.90 Å². The number of carbonyl (C=O) groups is 1. The highest BCUT2D eigenvalue weighted by molar-refractivity contribution is 5.88. The van der Waals surface area contributed by atoms with Crippen LogP contribution in [0.5, 0.6) is 5.75 Å². The third-order valence-electron chi connectivity index (χ3n) is 4.58. The molecule has 0 aliphatic carbocycles. The molecule has 0 radical (unpaired) electrons. The number of ether oxygens (including phenoxy) is 1. The van der Waals surface area contributed by atoms with Crippen molar-refractivity contribution in [3.8, 4) is 5.75 Å². The van der Waals surface area contributed by atoms with Crippen molar-refractivity contribution in [2.75, 3.05) is 19.8 Å². The maximum atomic E-state index is 12.9. The SMILES string of the molecule is CC(C)N(CC(O)COc1cccc2ccccc12)C(=O)C(C)(C)CO[N+](=O)[O-]. The molecule has 0 aliphatic heterocycles. The third kappa shape index (κ3) is 6.05. The summed E-state index contributed by atoms with van der Waals surface area (Å²) in [6, 6.07) is 13.3. The Kier molecular flexibility index (Phi) is 7.39. The summed E-state index contributed by atoms with van der Waals surface area (Å²) in [7, 11) is 0. The smallest absolute Gasteiger partial charge is 0.294 e. The molecule has 0 aliphatic rings. The van der Waals surface area contributed by atoms with Gasteiger partial charge in [0.15, 0.2) is 0 Å². The topological polar surface area (TPSA) is 102 Å². The molecule has 0 aromatic heterocycles. The minimum absolute atomic E-state index is 0.0103. The Morgan fingerprint density at radius 3 is 2.52 bits per heavy atom. The Morgan fingerprint density at radius 2 is 1.86 bits per heavy atom. The minimum atomic E-state index is -1.10. The van der Waals surface area contributed by atoms with E-state index in [4.69, 9.17) is 4.74 Å². The van der Waals surface area contributed by atoms with Crippen molar-refractivity contribution < 1.29 is 24.6 Å². The standard InChI is InChI=1S/C21H28N2O6/c1-15(2)22(20(25)21(3,4)14-29-23(26)27)12-17(24)13-28-19-11-7-9-16-8-5-6-10-18(16)19/h5-11,15,17,24H,12-14H2,1-4H3. The Morgan fingerprint density at radius 1 is 1.21 bits per heavy atom. The van der Waals surface area contributed by atoms with Crippen LogP contribution in [-0.4, -0.2) is 52.9 Å². The second-order valence-electron chi connectivity index (χ2n) is 7.87. The second kappa shape index (κ2) is 9.56. The van der Waals surface area contributed by atoms with Gasteiger partial charge in [0.2, 0.25) is 5.91 Å². The molecule has 8 nitrogen and oxygen atoms in total. The number of hydrogen-bond donors (Lipinski definition) is 1. The molecule has 158 valence electrons. The Hall–Kier alpha value is -2.87. The summed E-state index contributed by atoms with van der Waals surface area (Å²) >= 11 is 0. The number of aliphatic hydroxyl groups is 1. The average Bonchev–Trinajstić information content (AvgIpc) is 2.68. The van der Waals surface area contributed by atoms with Crippen LogP contribution in [-0.2, 0) is 9.63 Å². The van der Waals surface area contributed by atoms with E-state index >= 15 is 0 Å². The van der Waals surface area contributed by atoms with Gasteiger partial charge < -0.3 is 19.6 Å². The van der Waals surface area contributed by atoms with Crippen LogP contribution in [0.2, 0.25) is 0 Å². The summed E-state index contributed by atoms with van der Waals surface area (Å²) in [6.07, 6.45) is -0.924. The van der Waals surface area contributed by atoms with Crippen LogP contribution in [0.4, 0.5) is 0 Å². The molecule has 1 amide bonds. The highest BCUT2D eigenvalue weighted by atomic mass is 16.9. The lowest BCUT2D eigenvalue weighted by Crippen LogP contribution is -2.50. The van der Waals surface area contributed by atoms with E-state index in [0.717, 1.165) is 10.8 Å². The van der Waals surface area contributed by atoms with Crippen LogP contribution in [0.25, 0.3) is 10.8 Å². The van der Waals surface area contributed by atoms with E-state index in [2.05, 4.69) is 4.84 Å². The molecule has 1 unspecified atom stereocenters. The Balaban J connectivity index is 2.02. The molecule has 0 heterocycles. The lowest BCUT2D eigenvalue weighted by Gasteiger charge is -2.35. The molecule has 1 atom stereocenters. The second-order valence-corrected chi connectivity index (χ2v) is 7.87. The molecule has 0 fully saturated rings. The van der Waals surface area contributed by atoms with Crippen molar-refractivity contribution in [3.63, 3.8) is 0 Å². The van der Waals surface area contributed by atoms with Gasteiger partial charge in [0.05, 0.1) is 12.0 Å². The van der Waals surface area contributed by atoms with Crippen molar-refractivity contribution in [2.45, 2.75) is 39.8 Å². The van der Waals surface area contributed by atoms with Crippen LogP contribution in [0.15, 0.2) is 42.5 Å². The van der Waals surface area contributed by atoms with Gasteiger partial charge in [0.1, 0.15) is 25.1 Å². The molecule has 0 saturated carbocycles. The van der Waals surface area contributed by atoms with Gasteiger partial charge in [0.25, 0.3) is 5.09 Å². The number of hydrogen-bond acceptors (Lipinski definition) is 6. The maximum Gasteiger partial charge on any atom is 0.294 e. The summed E-state index contributed by atoms with van der Waals surface area (Å²) in [4.78, 5) is 29.2. The molecule has 2 aromatic rings. The zero-order chi connectivity index (χ0) is 21.6. The normalized spacial score (nSPS) is 12.6. The number of aliphatic hydroxyl groups excluding tert-OH is 1. The highest BCUT2D eigenvalue weighted by Crippen LogP contribution is 2.25. The molecule has 0 saturated heterocycles. The van der Waals surface area contributed by atoms with E-state index in [1.54, 1.807) is 13.8 Å². The Labute approximate surface area is 170 Å². The molecule has 2 rings (SSSR count). The van der Waals surface area contributed by atoms with E-state index in [1.807, 2.05) is 56.3 Å². The molecule has 0 bridgehead atoms. The van der Waals surface area contributed by atoms with E-state index in [9.17, 15) is 20.0 Å². The number of carbonyl (C=O) groups excluding carboxylic acids is 1. The first kappa shape index (κ1) is 22.4. The number of amides is 1. The first-order valence-corrected chi connectivity index (χ1v) is 9.49. The van der Waals surface area contributed by atoms with Gasteiger partial charge in [-0.1, -0.05) is 36.4 Å². The summed E-state index contributed by atoms with van der Waals surface area (Å²) in [6.45, 7) is 6.49. The van der Waals surface area contributed by atoms with E-state index in [-0.39, 0.29) is 31.7 Å². The quantitative estimate of drug-likeness (QED) is 0.482. The predicted octanol–water partition coefficient (Wildman–Crippen LogP) is 3.05. The van der Waals surface area contributed by atoms with Crippen molar-refractivity contribution in [1.29, 1.82) is 0 Å². The number of benzene rings is 2. The fourth-order valence-electron chi connectivity index (χ4n) is 2.98. The summed E-state index contributed by atoms with van der Waals surface area (Å²) in [5, 5.41) is 22.0. The first-order chi connectivity index (χ1) is 13.6. The van der Waals surface area contributed by atoms with Gasteiger partial charge in [-0.2, -0.15) is 0 Å². The van der Waals surface area contributed by atoms with Gasteiger partial charge in [-0.3, -0.25) is 4.79 Å². The van der Waals surface area contributed by atoms with Crippen LogP contribution < -0.4 is 4.74 Å². The maximum absolute atomic E-state index is 12.9. The molecule has 1 N–H and O–H groups in total. The van der Waals surface area contributed by atoms with Gasteiger partial charge in [-0.15, -0.1) is 10.1 Å². The monoisotopic (exact) mass is 404 g/mol. The minimum Gasteiger partial charge on any atom is -0.490 e. The number of nitrogens with zero attached hydrogens (tertiary/aromatic N) is 2. The van der Waals surface area contributed by atoms with Crippen LogP contribution in [0.3, 0.4) is 0 Å². The molecular weight excluding hydrogens is 376 g/mol. The van der Waals surface area contributed by atoms with Gasteiger partial charge >= 0.3 is 0 Å². The van der Waals surface area contributed by atoms with Crippen LogP contribution >= 0.6 is 0 Å². The predicted molar refractivity (Wildman–Crippen MR) is 109 cm³/mol. The highest BCUT2D eigenvalue weighted by Gasteiger charge is 2.35. The van der Waals surface area contributed by atoms with Gasteiger partial charge in [0, 0.05) is 11.4 Å². The summed E-state index contributed by atoms with van der Waals surface area (Å²) in [5.74, 6) is 0.322. The lowest BCUT2D eigenvalue weighted by atomic mass is 9.92. The zero-order valence-electron chi connectivity index (χ0n) is 17.2. The lowest BCUT2D eigenvalue weighted by molar-refractivity contribution is -0.760.